The number of ether oxygens (including phenoxy) is 3. The van der Waals surface area contributed by atoms with Crippen molar-refractivity contribution >= 4 is 23.2 Å². The lowest BCUT2D eigenvalue weighted by Crippen LogP contribution is -2.19. The second-order valence-electron chi connectivity index (χ2n) is 6.64. The third-order valence-electron chi connectivity index (χ3n) is 4.61. The van der Waals surface area contributed by atoms with Crippen LogP contribution in [-0.2, 0) is 11.2 Å². The van der Waals surface area contributed by atoms with E-state index in [1.54, 1.807) is 88.1 Å². The molecule has 3 aromatic carbocycles. The van der Waals surface area contributed by atoms with Crippen molar-refractivity contribution < 1.29 is 23.8 Å². The van der Waals surface area contributed by atoms with Crippen molar-refractivity contribution in [3.8, 4) is 17.2 Å². The van der Waals surface area contributed by atoms with Crippen LogP contribution >= 0.6 is 0 Å². The molecule has 3 rings (SSSR count). The van der Waals surface area contributed by atoms with E-state index in [0.29, 0.717) is 34.2 Å². The predicted molar refractivity (Wildman–Crippen MR) is 119 cm³/mol. The van der Waals surface area contributed by atoms with Gasteiger partial charge in [-0.3, -0.25) is 9.59 Å². The summed E-state index contributed by atoms with van der Waals surface area (Å²) in [7, 11) is 4.67. The molecule has 0 unspecified atom stereocenters. The molecular formula is C24H24N2O5. The molecule has 0 heterocycles. The van der Waals surface area contributed by atoms with E-state index in [1.165, 1.54) is 0 Å². The summed E-state index contributed by atoms with van der Waals surface area (Å²) in [5.41, 5.74) is 2.17. The van der Waals surface area contributed by atoms with E-state index < -0.39 is 0 Å². The van der Waals surface area contributed by atoms with Gasteiger partial charge in [0.25, 0.3) is 5.91 Å². The van der Waals surface area contributed by atoms with Crippen LogP contribution in [0.15, 0.2) is 66.7 Å². The molecule has 0 spiro atoms. The summed E-state index contributed by atoms with van der Waals surface area (Å²) in [6.45, 7) is 0. The largest absolute Gasteiger partial charge is 0.497 e. The molecule has 0 atom stereocenters. The lowest BCUT2D eigenvalue weighted by molar-refractivity contribution is -0.115. The van der Waals surface area contributed by atoms with Gasteiger partial charge in [0, 0.05) is 5.69 Å². The molecule has 7 nitrogen and oxygen atoms in total. The number of methoxy groups -OCH3 is 3. The number of amides is 2. The second-order valence-corrected chi connectivity index (χ2v) is 6.64. The van der Waals surface area contributed by atoms with Gasteiger partial charge in [0.05, 0.1) is 39.0 Å². The van der Waals surface area contributed by atoms with E-state index in [9.17, 15) is 9.59 Å². The molecule has 2 amide bonds. The van der Waals surface area contributed by atoms with Crippen LogP contribution in [-0.4, -0.2) is 33.1 Å². The zero-order chi connectivity index (χ0) is 22.2. The Labute approximate surface area is 180 Å². The fourth-order valence-electron chi connectivity index (χ4n) is 3.03. The highest BCUT2D eigenvalue weighted by Crippen LogP contribution is 2.28. The average Bonchev–Trinajstić information content (AvgIpc) is 2.79. The quantitative estimate of drug-likeness (QED) is 0.572. The van der Waals surface area contributed by atoms with Gasteiger partial charge in [0.15, 0.2) is 11.5 Å². The van der Waals surface area contributed by atoms with Gasteiger partial charge in [0.1, 0.15) is 5.75 Å². The smallest absolute Gasteiger partial charge is 0.257 e. The van der Waals surface area contributed by atoms with Crippen molar-refractivity contribution in [1.82, 2.24) is 0 Å². The van der Waals surface area contributed by atoms with Crippen molar-refractivity contribution in [2.24, 2.45) is 0 Å². The first-order valence-corrected chi connectivity index (χ1v) is 9.59. The average molecular weight is 420 g/mol. The number of carbonyl (C=O) groups is 2. The predicted octanol–water partition coefficient (Wildman–Crippen LogP) is 4.15. The van der Waals surface area contributed by atoms with Crippen LogP contribution in [0.1, 0.15) is 15.9 Å². The van der Waals surface area contributed by atoms with Crippen LogP contribution in [0.2, 0.25) is 0 Å². The van der Waals surface area contributed by atoms with Crippen LogP contribution in [0.5, 0.6) is 17.2 Å². The molecule has 0 aliphatic carbocycles. The fraction of sp³-hybridized carbons (Fsp3) is 0.167. The van der Waals surface area contributed by atoms with E-state index in [1.807, 2.05) is 0 Å². The minimum absolute atomic E-state index is 0.120. The van der Waals surface area contributed by atoms with E-state index in [4.69, 9.17) is 14.2 Å². The monoisotopic (exact) mass is 420 g/mol. The topological polar surface area (TPSA) is 85.9 Å². The highest BCUT2D eigenvalue weighted by Gasteiger charge is 2.14. The Morgan fingerprint density at radius 2 is 1.48 bits per heavy atom. The number of rotatable bonds is 8. The Morgan fingerprint density at radius 3 is 2.16 bits per heavy atom. The van der Waals surface area contributed by atoms with Gasteiger partial charge in [0.2, 0.25) is 5.91 Å². The van der Waals surface area contributed by atoms with Crippen molar-refractivity contribution in [2.75, 3.05) is 32.0 Å². The SMILES string of the molecule is COc1ccc(NC(=O)c2ccccc2NC(=O)Cc2ccc(OC)c(OC)c2)cc1. The van der Waals surface area contributed by atoms with E-state index in [0.717, 1.165) is 5.56 Å². The molecular weight excluding hydrogens is 396 g/mol. The summed E-state index contributed by atoms with van der Waals surface area (Å²) >= 11 is 0. The van der Waals surface area contributed by atoms with Gasteiger partial charge in [-0.1, -0.05) is 18.2 Å². The van der Waals surface area contributed by atoms with Crippen molar-refractivity contribution in [1.29, 1.82) is 0 Å². The molecule has 0 aliphatic rings. The first kappa shape index (κ1) is 21.7. The van der Waals surface area contributed by atoms with Crippen LogP contribution < -0.4 is 24.8 Å². The van der Waals surface area contributed by atoms with Crippen molar-refractivity contribution in [2.45, 2.75) is 6.42 Å². The number of hydrogen-bond donors (Lipinski definition) is 2. The highest BCUT2D eigenvalue weighted by molar-refractivity contribution is 6.10. The lowest BCUT2D eigenvalue weighted by atomic mass is 10.1. The first-order valence-electron chi connectivity index (χ1n) is 9.59. The third kappa shape index (κ3) is 5.54. The van der Waals surface area contributed by atoms with Gasteiger partial charge in [-0.05, 0) is 54.1 Å². The van der Waals surface area contributed by atoms with Crippen molar-refractivity contribution in [3.05, 3.63) is 77.9 Å². The lowest BCUT2D eigenvalue weighted by Gasteiger charge is -2.13. The summed E-state index contributed by atoms with van der Waals surface area (Å²) in [5.74, 6) is 1.25. The maximum Gasteiger partial charge on any atom is 0.257 e. The van der Waals surface area contributed by atoms with Gasteiger partial charge >= 0.3 is 0 Å². The maximum absolute atomic E-state index is 12.8. The molecule has 0 bridgehead atoms. The molecule has 0 saturated heterocycles. The third-order valence-corrected chi connectivity index (χ3v) is 4.61. The normalized spacial score (nSPS) is 10.2. The standard InChI is InChI=1S/C24H24N2O5/c1-29-18-11-9-17(10-12-18)25-24(28)19-6-4-5-7-20(19)26-23(27)15-16-8-13-21(30-2)22(14-16)31-3/h4-14H,15H2,1-3H3,(H,25,28)(H,26,27). The number of hydrogen-bond acceptors (Lipinski definition) is 5. The molecule has 0 radical (unpaired) electrons. The zero-order valence-electron chi connectivity index (χ0n) is 17.6. The molecule has 3 aromatic rings. The Morgan fingerprint density at radius 1 is 0.774 bits per heavy atom. The Hall–Kier alpha value is -4.00. The van der Waals surface area contributed by atoms with Crippen LogP contribution in [0, 0.1) is 0 Å². The molecule has 0 saturated carbocycles. The first-order chi connectivity index (χ1) is 15.0. The van der Waals surface area contributed by atoms with Gasteiger partial charge < -0.3 is 24.8 Å². The summed E-state index contributed by atoms with van der Waals surface area (Å²) in [6, 6.07) is 19.1. The summed E-state index contributed by atoms with van der Waals surface area (Å²) in [4.78, 5) is 25.4. The van der Waals surface area contributed by atoms with E-state index >= 15 is 0 Å². The Balaban J connectivity index is 1.70. The number of anilines is 2. The van der Waals surface area contributed by atoms with Crippen LogP contribution in [0.3, 0.4) is 0 Å². The fourth-order valence-corrected chi connectivity index (χ4v) is 3.03. The molecule has 0 aliphatic heterocycles. The van der Waals surface area contributed by atoms with Gasteiger partial charge in [-0.25, -0.2) is 0 Å². The molecule has 0 fully saturated rings. The molecule has 0 aromatic heterocycles. The number of nitrogens with one attached hydrogen (secondary N) is 2. The zero-order valence-corrected chi connectivity index (χ0v) is 17.6. The maximum atomic E-state index is 12.8. The summed E-state index contributed by atoms with van der Waals surface area (Å²) in [6.07, 6.45) is 0.120. The summed E-state index contributed by atoms with van der Waals surface area (Å²) < 4.78 is 15.6. The van der Waals surface area contributed by atoms with E-state index in [2.05, 4.69) is 10.6 Å². The number of para-hydroxylation sites is 1. The Bertz CT molecular complexity index is 1060. The van der Waals surface area contributed by atoms with Gasteiger partial charge in [-0.2, -0.15) is 0 Å². The van der Waals surface area contributed by atoms with Gasteiger partial charge in [-0.15, -0.1) is 0 Å². The number of benzene rings is 3. The van der Waals surface area contributed by atoms with Crippen molar-refractivity contribution in [3.63, 3.8) is 0 Å². The molecule has 160 valence electrons. The highest BCUT2D eigenvalue weighted by atomic mass is 16.5. The second kappa shape index (κ2) is 10.2. The molecule has 7 heteroatoms. The van der Waals surface area contributed by atoms with Crippen LogP contribution in [0.25, 0.3) is 0 Å². The number of carbonyl (C=O) groups excluding carboxylic acids is 2. The Kier molecular flexibility index (Phi) is 7.11. The minimum atomic E-state index is -0.327. The van der Waals surface area contributed by atoms with E-state index in [-0.39, 0.29) is 18.2 Å². The van der Waals surface area contributed by atoms with Crippen LogP contribution in [0.4, 0.5) is 11.4 Å². The molecule has 31 heavy (non-hydrogen) atoms. The molecule has 2 N–H and O–H groups in total. The minimum Gasteiger partial charge on any atom is -0.497 e. The summed E-state index contributed by atoms with van der Waals surface area (Å²) in [5, 5.41) is 5.64.